The minimum Gasteiger partial charge on any atom is -0.383 e. The van der Waals surface area contributed by atoms with Crippen molar-refractivity contribution in [1.82, 2.24) is 29.8 Å². The zero-order chi connectivity index (χ0) is 24.3. The first kappa shape index (κ1) is 23.9. The van der Waals surface area contributed by atoms with E-state index in [1.807, 2.05) is 20.2 Å². The summed E-state index contributed by atoms with van der Waals surface area (Å²) in [4.78, 5) is 19.1. The third kappa shape index (κ3) is 4.98. The van der Waals surface area contributed by atoms with E-state index in [0.29, 0.717) is 23.6 Å². The molecule has 1 fully saturated rings. The van der Waals surface area contributed by atoms with E-state index >= 15 is 0 Å². The smallest absolute Gasteiger partial charge is 0.383 e. The largest absolute Gasteiger partial charge is 0.433 e. The van der Waals surface area contributed by atoms with Crippen LogP contribution >= 0.6 is 0 Å². The Kier molecular flexibility index (Phi) is 7.01. The van der Waals surface area contributed by atoms with Gasteiger partial charge in [0.1, 0.15) is 29.5 Å². The van der Waals surface area contributed by atoms with Gasteiger partial charge >= 0.3 is 6.18 Å². The molecular formula is C23H29F3N8. The third-order valence-electron chi connectivity index (χ3n) is 6.23. The lowest BCUT2D eigenvalue weighted by Gasteiger charge is -2.33. The molecule has 182 valence electrons. The Morgan fingerprint density at radius 1 is 1.18 bits per heavy atom. The standard InChI is InChI=1S/C23H29F3N8/c1-3-17-20(27)30-14-31-22(17)33-9-5-15(6-10-33)21-32-18(13-34(21)11-8-28-2)16-4-7-29-19(12-16)23(24,25)26/h4,7,12-15,28H,3,5-6,8-11H2,1-2H3,(H2,27,30,31). The average Bonchev–Trinajstić information content (AvgIpc) is 3.26. The number of nitrogens with one attached hydrogen (secondary N) is 1. The Morgan fingerprint density at radius 3 is 2.62 bits per heavy atom. The predicted molar refractivity (Wildman–Crippen MR) is 124 cm³/mol. The van der Waals surface area contributed by atoms with Gasteiger partial charge in [0, 0.05) is 55.6 Å². The van der Waals surface area contributed by atoms with Crippen molar-refractivity contribution < 1.29 is 13.2 Å². The molecule has 1 aliphatic rings. The Hall–Kier alpha value is -3.21. The number of nitrogen functional groups attached to an aromatic ring is 1. The maximum Gasteiger partial charge on any atom is 0.433 e. The fourth-order valence-corrected chi connectivity index (χ4v) is 4.43. The molecule has 1 saturated heterocycles. The average molecular weight is 475 g/mol. The van der Waals surface area contributed by atoms with Crippen LogP contribution in [0.4, 0.5) is 24.8 Å². The molecule has 0 amide bonds. The van der Waals surface area contributed by atoms with Crippen LogP contribution in [0.5, 0.6) is 0 Å². The number of halogens is 3. The van der Waals surface area contributed by atoms with Gasteiger partial charge in [-0.15, -0.1) is 0 Å². The van der Waals surface area contributed by atoms with Crippen LogP contribution in [-0.4, -0.2) is 51.2 Å². The van der Waals surface area contributed by atoms with Crippen LogP contribution < -0.4 is 16.0 Å². The van der Waals surface area contributed by atoms with Gasteiger partial charge in [0.25, 0.3) is 0 Å². The molecule has 0 aliphatic carbocycles. The molecular weight excluding hydrogens is 445 g/mol. The second kappa shape index (κ2) is 9.96. The maximum atomic E-state index is 13.2. The number of nitrogens with two attached hydrogens (primary N) is 1. The zero-order valence-corrected chi connectivity index (χ0v) is 19.3. The van der Waals surface area contributed by atoms with Crippen molar-refractivity contribution in [1.29, 1.82) is 0 Å². The van der Waals surface area contributed by atoms with Crippen molar-refractivity contribution in [2.45, 2.75) is 44.8 Å². The molecule has 4 rings (SSSR count). The normalized spacial score (nSPS) is 15.1. The highest BCUT2D eigenvalue weighted by Crippen LogP contribution is 2.34. The number of piperidine rings is 1. The molecule has 0 atom stereocenters. The first-order chi connectivity index (χ1) is 16.3. The summed E-state index contributed by atoms with van der Waals surface area (Å²) in [5.41, 5.74) is 7.02. The van der Waals surface area contributed by atoms with E-state index in [0.717, 1.165) is 62.2 Å². The number of rotatable bonds is 7. The fraction of sp³-hybridized carbons (Fsp3) is 0.478. The lowest BCUT2D eigenvalue weighted by Crippen LogP contribution is -2.35. The van der Waals surface area contributed by atoms with Gasteiger partial charge in [-0.3, -0.25) is 4.98 Å². The molecule has 34 heavy (non-hydrogen) atoms. The predicted octanol–water partition coefficient (Wildman–Crippen LogP) is 3.50. The SMILES string of the molecule is CCc1c(N)ncnc1N1CCC(c2nc(-c3ccnc(C(F)(F)F)c3)cn2CCNC)CC1. The van der Waals surface area contributed by atoms with Gasteiger partial charge in [-0.2, -0.15) is 13.2 Å². The first-order valence-corrected chi connectivity index (χ1v) is 11.4. The molecule has 0 radical (unpaired) electrons. The Bertz CT molecular complexity index is 1120. The lowest BCUT2D eigenvalue weighted by molar-refractivity contribution is -0.141. The topological polar surface area (TPSA) is 97.8 Å². The quantitative estimate of drug-likeness (QED) is 0.541. The van der Waals surface area contributed by atoms with E-state index in [2.05, 4.69) is 29.7 Å². The highest BCUT2D eigenvalue weighted by molar-refractivity contribution is 5.59. The number of anilines is 2. The number of pyridine rings is 1. The van der Waals surface area contributed by atoms with E-state index in [1.165, 1.54) is 12.5 Å². The second-order valence-corrected chi connectivity index (χ2v) is 8.38. The highest BCUT2D eigenvalue weighted by Gasteiger charge is 2.33. The van der Waals surface area contributed by atoms with Gasteiger partial charge in [-0.05, 0) is 38.4 Å². The van der Waals surface area contributed by atoms with Crippen molar-refractivity contribution in [3.05, 3.63) is 47.9 Å². The molecule has 8 nitrogen and oxygen atoms in total. The van der Waals surface area contributed by atoms with Gasteiger partial charge in [0.15, 0.2) is 0 Å². The molecule has 0 unspecified atom stereocenters. The Labute approximate surface area is 196 Å². The van der Waals surface area contributed by atoms with Crippen molar-refractivity contribution in [3.8, 4) is 11.3 Å². The second-order valence-electron chi connectivity index (χ2n) is 8.38. The number of alkyl halides is 3. The van der Waals surface area contributed by atoms with Crippen molar-refractivity contribution >= 4 is 11.6 Å². The number of likely N-dealkylation sites (N-methyl/N-ethyl adjacent to an activating group) is 1. The van der Waals surface area contributed by atoms with E-state index < -0.39 is 11.9 Å². The van der Waals surface area contributed by atoms with Crippen LogP contribution in [-0.2, 0) is 19.1 Å². The summed E-state index contributed by atoms with van der Waals surface area (Å²) < 4.78 is 41.5. The highest BCUT2D eigenvalue weighted by atomic mass is 19.4. The van der Waals surface area contributed by atoms with Crippen LogP contribution in [0.25, 0.3) is 11.3 Å². The monoisotopic (exact) mass is 474 g/mol. The van der Waals surface area contributed by atoms with E-state index in [1.54, 1.807) is 6.07 Å². The number of hydrogen-bond acceptors (Lipinski definition) is 7. The minimum absolute atomic E-state index is 0.190. The fourth-order valence-electron chi connectivity index (χ4n) is 4.43. The summed E-state index contributed by atoms with van der Waals surface area (Å²) >= 11 is 0. The molecule has 0 aromatic carbocycles. The summed E-state index contributed by atoms with van der Waals surface area (Å²) in [6.45, 7) is 5.02. The molecule has 4 heterocycles. The Balaban J connectivity index is 1.58. The minimum atomic E-state index is -4.50. The number of nitrogens with zero attached hydrogens (tertiary/aromatic N) is 6. The first-order valence-electron chi connectivity index (χ1n) is 11.4. The van der Waals surface area contributed by atoms with Crippen LogP contribution in [0.2, 0.25) is 0 Å². The number of aromatic nitrogens is 5. The molecule has 1 aliphatic heterocycles. The van der Waals surface area contributed by atoms with Crippen molar-refractivity contribution in [3.63, 3.8) is 0 Å². The van der Waals surface area contributed by atoms with E-state index in [9.17, 15) is 13.2 Å². The summed E-state index contributed by atoms with van der Waals surface area (Å²) in [6, 6.07) is 2.63. The van der Waals surface area contributed by atoms with E-state index in [-0.39, 0.29) is 5.92 Å². The zero-order valence-electron chi connectivity index (χ0n) is 19.3. The van der Waals surface area contributed by atoms with Crippen LogP contribution in [0.1, 0.15) is 42.8 Å². The van der Waals surface area contributed by atoms with Crippen molar-refractivity contribution in [2.24, 2.45) is 0 Å². The third-order valence-corrected chi connectivity index (χ3v) is 6.23. The molecule has 0 saturated carbocycles. The van der Waals surface area contributed by atoms with Crippen molar-refractivity contribution in [2.75, 3.05) is 37.3 Å². The Morgan fingerprint density at radius 2 is 1.94 bits per heavy atom. The summed E-state index contributed by atoms with van der Waals surface area (Å²) in [6.07, 6.45) is 2.49. The maximum absolute atomic E-state index is 13.2. The summed E-state index contributed by atoms with van der Waals surface area (Å²) in [5, 5.41) is 3.13. The number of imidazole rings is 1. The van der Waals surface area contributed by atoms with E-state index in [4.69, 9.17) is 10.7 Å². The molecule has 0 spiro atoms. The van der Waals surface area contributed by atoms with Gasteiger partial charge in [0.2, 0.25) is 0 Å². The molecule has 0 bridgehead atoms. The number of hydrogen-bond donors (Lipinski definition) is 2. The summed E-state index contributed by atoms with van der Waals surface area (Å²) in [5.74, 6) is 2.48. The molecule has 3 aromatic heterocycles. The van der Waals surface area contributed by atoms with Gasteiger partial charge < -0.3 is 20.5 Å². The molecule has 11 heteroatoms. The van der Waals surface area contributed by atoms with Gasteiger partial charge in [-0.1, -0.05) is 6.92 Å². The lowest BCUT2D eigenvalue weighted by atomic mass is 9.95. The van der Waals surface area contributed by atoms with Crippen LogP contribution in [0.3, 0.4) is 0 Å². The summed E-state index contributed by atoms with van der Waals surface area (Å²) in [7, 11) is 1.87. The van der Waals surface area contributed by atoms with Gasteiger partial charge in [0.05, 0.1) is 5.69 Å². The van der Waals surface area contributed by atoms with Crippen LogP contribution in [0, 0.1) is 0 Å². The molecule has 3 N–H and O–H groups in total. The van der Waals surface area contributed by atoms with Crippen LogP contribution in [0.15, 0.2) is 30.9 Å². The van der Waals surface area contributed by atoms with Gasteiger partial charge in [-0.25, -0.2) is 15.0 Å². The molecule has 3 aromatic rings.